The lowest BCUT2D eigenvalue weighted by molar-refractivity contribution is 0.761. The molecule has 0 radical (unpaired) electrons. The summed E-state index contributed by atoms with van der Waals surface area (Å²) in [7, 11) is 0. The Bertz CT molecular complexity index is 478. The number of nitrogens with zero attached hydrogens (tertiary/aromatic N) is 3. The summed E-state index contributed by atoms with van der Waals surface area (Å²) in [5, 5.41) is 8.48. The monoisotopic (exact) mass is 222 g/mol. The Balaban J connectivity index is 2.50. The zero-order valence-electron chi connectivity index (χ0n) is 8.31. The Hall–Kier alpha value is -1.39. The fourth-order valence-corrected chi connectivity index (χ4v) is 1.50. The number of hydrogen-bond acceptors (Lipinski definition) is 3. The second-order valence-corrected chi connectivity index (χ2v) is 3.68. The molecule has 15 heavy (non-hydrogen) atoms. The lowest BCUT2D eigenvalue weighted by Crippen LogP contribution is -2.06. The van der Waals surface area contributed by atoms with Crippen LogP contribution in [0.5, 0.6) is 0 Å². The van der Waals surface area contributed by atoms with Gasteiger partial charge in [0.15, 0.2) is 0 Å². The summed E-state index contributed by atoms with van der Waals surface area (Å²) in [4.78, 5) is 0. The van der Waals surface area contributed by atoms with Gasteiger partial charge in [-0.2, -0.15) is 0 Å². The molecule has 1 aromatic carbocycles. The van der Waals surface area contributed by atoms with Crippen molar-refractivity contribution >= 4 is 11.6 Å². The van der Waals surface area contributed by atoms with E-state index in [1.165, 1.54) is 0 Å². The Morgan fingerprint density at radius 1 is 1.47 bits per heavy atom. The third-order valence-electron chi connectivity index (χ3n) is 2.23. The number of aromatic nitrogens is 3. The summed E-state index contributed by atoms with van der Waals surface area (Å²) < 4.78 is 1.69. The van der Waals surface area contributed by atoms with Crippen LogP contribution in [0.25, 0.3) is 5.69 Å². The van der Waals surface area contributed by atoms with E-state index in [2.05, 4.69) is 10.3 Å². The van der Waals surface area contributed by atoms with Gasteiger partial charge in [-0.15, -0.1) is 5.10 Å². The zero-order chi connectivity index (χ0) is 10.8. The van der Waals surface area contributed by atoms with Gasteiger partial charge in [0.05, 0.1) is 17.6 Å². The van der Waals surface area contributed by atoms with Gasteiger partial charge in [-0.3, -0.25) is 0 Å². The second-order valence-electron chi connectivity index (χ2n) is 3.27. The van der Waals surface area contributed by atoms with Gasteiger partial charge in [-0.05, 0) is 24.6 Å². The lowest BCUT2D eigenvalue weighted by atomic mass is 10.2. The summed E-state index contributed by atoms with van der Waals surface area (Å²) >= 11 is 6.03. The van der Waals surface area contributed by atoms with Gasteiger partial charge in [0.25, 0.3) is 0 Å². The molecule has 1 heterocycles. The summed E-state index contributed by atoms with van der Waals surface area (Å²) in [6, 6.07) is 5.74. The third-order valence-corrected chi connectivity index (χ3v) is 2.64. The van der Waals surface area contributed by atoms with E-state index in [-0.39, 0.29) is 0 Å². The maximum atomic E-state index is 6.03. The number of rotatable bonds is 2. The summed E-state index contributed by atoms with van der Waals surface area (Å²) in [5.74, 6) is 0. The molecule has 78 valence electrons. The van der Waals surface area contributed by atoms with Gasteiger partial charge in [0.2, 0.25) is 0 Å². The van der Waals surface area contributed by atoms with Crippen LogP contribution in [0.4, 0.5) is 0 Å². The average molecular weight is 223 g/mol. The van der Waals surface area contributed by atoms with Gasteiger partial charge < -0.3 is 5.73 Å². The topological polar surface area (TPSA) is 56.7 Å². The molecular weight excluding hydrogens is 212 g/mol. The lowest BCUT2D eigenvalue weighted by Gasteiger charge is -2.05. The average Bonchev–Trinajstić information content (AvgIpc) is 2.70. The van der Waals surface area contributed by atoms with Crippen LogP contribution in [0, 0.1) is 6.92 Å². The number of benzene rings is 1. The molecule has 2 rings (SSSR count). The molecule has 0 fully saturated rings. The summed E-state index contributed by atoms with van der Waals surface area (Å²) in [6.07, 6.45) is 1.65. The molecule has 2 N–H and O–H groups in total. The third kappa shape index (κ3) is 1.86. The van der Waals surface area contributed by atoms with Crippen molar-refractivity contribution in [1.29, 1.82) is 0 Å². The molecule has 0 spiro atoms. The molecular formula is C10H11ClN4. The molecule has 4 nitrogen and oxygen atoms in total. The predicted octanol–water partition coefficient (Wildman–Crippen LogP) is 1.69. The maximum absolute atomic E-state index is 6.03. The van der Waals surface area contributed by atoms with Crippen LogP contribution < -0.4 is 5.73 Å². The van der Waals surface area contributed by atoms with E-state index in [0.29, 0.717) is 11.6 Å². The molecule has 0 aliphatic carbocycles. The van der Waals surface area contributed by atoms with E-state index in [9.17, 15) is 0 Å². The maximum Gasteiger partial charge on any atom is 0.0781 e. The minimum absolute atomic E-state index is 0.401. The first-order chi connectivity index (χ1) is 7.22. The molecule has 0 atom stereocenters. The minimum Gasteiger partial charge on any atom is -0.325 e. The van der Waals surface area contributed by atoms with E-state index in [1.54, 1.807) is 10.9 Å². The molecule has 0 amide bonds. The zero-order valence-corrected chi connectivity index (χ0v) is 9.07. The highest BCUT2D eigenvalue weighted by Gasteiger charge is 2.05. The molecule has 0 unspecified atom stereocenters. The van der Waals surface area contributed by atoms with Crippen molar-refractivity contribution in [3.05, 3.63) is 40.7 Å². The van der Waals surface area contributed by atoms with Crippen molar-refractivity contribution in [2.24, 2.45) is 5.73 Å². The predicted molar refractivity (Wildman–Crippen MR) is 59.0 cm³/mol. The Morgan fingerprint density at radius 3 is 2.93 bits per heavy atom. The highest BCUT2D eigenvalue weighted by atomic mass is 35.5. The highest BCUT2D eigenvalue weighted by molar-refractivity contribution is 6.31. The van der Waals surface area contributed by atoms with Gasteiger partial charge in [0.1, 0.15) is 0 Å². The molecule has 0 saturated heterocycles. The number of hydrogen-bond donors (Lipinski definition) is 1. The Kier molecular flexibility index (Phi) is 2.70. The fourth-order valence-electron chi connectivity index (χ4n) is 1.33. The van der Waals surface area contributed by atoms with Crippen molar-refractivity contribution in [2.45, 2.75) is 13.5 Å². The van der Waals surface area contributed by atoms with Crippen molar-refractivity contribution in [3.8, 4) is 5.69 Å². The Morgan fingerprint density at radius 2 is 2.27 bits per heavy atom. The van der Waals surface area contributed by atoms with E-state index in [4.69, 9.17) is 17.3 Å². The van der Waals surface area contributed by atoms with Gasteiger partial charge in [0, 0.05) is 11.6 Å². The smallest absolute Gasteiger partial charge is 0.0781 e. The van der Waals surface area contributed by atoms with Crippen LogP contribution in [0.1, 0.15) is 11.3 Å². The number of halogens is 1. The molecule has 1 aromatic heterocycles. The van der Waals surface area contributed by atoms with Crippen molar-refractivity contribution in [2.75, 3.05) is 0 Å². The van der Waals surface area contributed by atoms with Crippen LogP contribution >= 0.6 is 11.6 Å². The Labute approximate surface area is 92.7 Å². The first kappa shape index (κ1) is 10.1. The van der Waals surface area contributed by atoms with Gasteiger partial charge in [-0.1, -0.05) is 22.9 Å². The highest BCUT2D eigenvalue weighted by Crippen LogP contribution is 2.19. The first-order valence-corrected chi connectivity index (χ1v) is 4.96. The number of aryl methyl sites for hydroxylation is 1. The quantitative estimate of drug-likeness (QED) is 0.841. The van der Waals surface area contributed by atoms with Crippen molar-refractivity contribution < 1.29 is 0 Å². The molecule has 0 saturated carbocycles. The van der Waals surface area contributed by atoms with Crippen LogP contribution in [0.15, 0.2) is 24.4 Å². The first-order valence-electron chi connectivity index (χ1n) is 4.58. The number of nitrogens with two attached hydrogens (primary N) is 1. The molecule has 0 bridgehead atoms. The van der Waals surface area contributed by atoms with E-state index < -0.39 is 0 Å². The van der Waals surface area contributed by atoms with E-state index >= 15 is 0 Å². The summed E-state index contributed by atoms with van der Waals surface area (Å²) in [5.41, 5.74) is 8.34. The molecule has 0 aliphatic rings. The molecule has 0 aliphatic heterocycles. The summed E-state index contributed by atoms with van der Waals surface area (Å²) in [6.45, 7) is 2.36. The van der Waals surface area contributed by atoms with Crippen molar-refractivity contribution in [3.63, 3.8) is 0 Å². The van der Waals surface area contributed by atoms with Crippen LogP contribution in [0.2, 0.25) is 5.02 Å². The fraction of sp³-hybridized carbons (Fsp3) is 0.200. The minimum atomic E-state index is 0.401. The SMILES string of the molecule is Cc1ccc(-n2nncc2CN)cc1Cl. The van der Waals surface area contributed by atoms with E-state index in [0.717, 1.165) is 16.9 Å². The molecule has 5 heteroatoms. The van der Waals surface area contributed by atoms with Crippen LogP contribution in [0.3, 0.4) is 0 Å². The second kappa shape index (κ2) is 4.00. The normalized spacial score (nSPS) is 10.6. The molecule has 2 aromatic rings. The standard InChI is InChI=1S/C10H11ClN4/c1-7-2-3-8(4-10(7)11)15-9(5-12)6-13-14-15/h2-4,6H,5,12H2,1H3. The van der Waals surface area contributed by atoms with Gasteiger partial charge in [-0.25, -0.2) is 4.68 Å². The van der Waals surface area contributed by atoms with Crippen LogP contribution in [-0.2, 0) is 6.54 Å². The van der Waals surface area contributed by atoms with Crippen LogP contribution in [-0.4, -0.2) is 15.0 Å². The van der Waals surface area contributed by atoms with Gasteiger partial charge >= 0.3 is 0 Å². The largest absolute Gasteiger partial charge is 0.325 e. The van der Waals surface area contributed by atoms with E-state index in [1.807, 2.05) is 25.1 Å². The van der Waals surface area contributed by atoms with Crippen molar-refractivity contribution in [1.82, 2.24) is 15.0 Å².